The van der Waals surface area contributed by atoms with E-state index in [-0.39, 0.29) is 0 Å². The van der Waals surface area contributed by atoms with Gasteiger partial charge in [-0.25, -0.2) is 0 Å². The van der Waals surface area contributed by atoms with Crippen molar-refractivity contribution < 1.29 is 13.3 Å². The molecule has 0 aliphatic heterocycles. The van der Waals surface area contributed by atoms with Crippen molar-refractivity contribution in [2.75, 3.05) is 4.90 Å². The summed E-state index contributed by atoms with van der Waals surface area (Å²) in [7, 11) is 0. The van der Waals surface area contributed by atoms with Crippen LogP contribution in [0.3, 0.4) is 0 Å². The van der Waals surface area contributed by atoms with Crippen LogP contribution in [0.5, 0.6) is 0 Å². The largest absolute Gasteiger partial charge is 0.456 e. The highest BCUT2D eigenvalue weighted by Crippen LogP contribution is 2.43. The average Bonchev–Trinajstić information content (AvgIpc) is 3.96. The lowest BCUT2D eigenvalue weighted by Crippen LogP contribution is -2.09. The minimum atomic E-state index is 0.851. The van der Waals surface area contributed by atoms with Crippen molar-refractivity contribution in [2.24, 2.45) is 0 Å². The van der Waals surface area contributed by atoms with Gasteiger partial charge in [0.1, 0.15) is 33.5 Å². The maximum absolute atomic E-state index is 6.52. The molecule has 12 aromatic rings. The van der Waals surface area contributed by atoms with Crippen molar-refractivity contribution in [2.45, 2.75) is 0 Å². The third-order valence-electron chi connectivity index (χ3n) is 11.3. The number of benzene rings is 9. The first kappa shape index (κ1) is 30.9. The number of furan rings is 3. The lowest BCUT2D eigenvalue weighted by Gasteiger charge is -2.26. The Labute approximate surface area is 321 Å². The van der Waals surface area contributed by atoms with Crippen molar-refractivity contribution in [1.82, 2.24) is 0 Å². The molecule has 3 heterocycles. The monoisotopic (exact) mass is 717 g/mol. The molecular formula is C52H31NO3. The van der Waals surface area contributed by atoms with Gasteiger partial charge in [0.15, 0.2) is 0 Å². The molecule has 9 aromatic carbocycles. The summed E-state index contributed by atoms with van der Waals surface area (Å²) >= 11 is 0. The molecule has 0 bridgehead atoms. The number of hydrogen-bond donors (Lipinski definition) is 0. The molecule has 4 heteroatoms. The lowest BCUT2D eigenvalue weighted by molar-refractivity contribution is 0.669. The maximum Gasteiger partial charge on any atom is 0.143 e. The topological polar surface area (TPSA) is 42.7 Å². The summed E-state index contributed by atoms with van der Waals surface area (Å²) in [6.07, 6.45) is 0. The standard InChI is InChI=1S/C52H31NO3/c1-2-10-39-32(9-1)23-29-45-50-38(13-8-18-48(50)56-52(39)45)33-19-24-35(25-20-33)53(37-28-30-43-41-11-3-5-16-46(41)54-49(43)31-37)36-26-21-34(22-27-36)40-14-7-15-44-42-12-4-6-17-47(42)55-51(40)44/h1-31H. The average molecular weight is 718 g/mol. The zero-order valence-corrected chi connectivity index (χ0v) is 30.1. The third kappa shape index (κ3) is 4.66. The summed E-state index contributed by atoms with van der Waals surface area (Å²) < 4.78 is 19.3. The molecule has 0 radical (unpaired) electrons. The summed E-state index contributed by atoms with van der Waals surface area (Å²) in [5.74, 6) is 0. The Hall–Kier alpha value is -7.56. The first-order valence-electron chi connectivity index (χ1n) is 18.9. The van der Waals surface area contributed by atoms with Gasteiger partial charge in [-0.3, -0.25) is 0 Å². The van der Waals surface area contributed by atoms with Crippen LogP contribution < -0.4 is 4.90 Å². The number of rotatable bonds is 5. The van der Waals surface area contributed by atoms with Gasteiger partial charge in [0.2, 0.25) is 0 Å². The zero-order chi connectivity index (χ0) is 36.7. The Morgan fingerprint density at radius 2 is 0.839 bits per heavy atom. The number of fused-ring (bicyclic) bond motifs is 11. The maximum atomic E-state index is 6.52. The molecule has 0 fully saturated rings. The minimum Gasteiger partial charge on any atom is -0.456 e. The fourth-order valence-electron chi connectivity index (χ4n) is 8.65. The van der Waals surface area contributed by atoms with E-state index in [9.17, 15) is 0 Å². The highest BCUT2D eigenvalue weighted by molar-refractivity contribution is 6.19. The quantitative estimate of drug-likeness (QED) is 0.178. The Kier molecular flexibility index (Phi) is 6.60. The van der Waals surface area contributed by atoms with E-state index >= 15 is 0 Å². The molecule has 12 rings (SSSR count). The summed E-state index contributed by atoms with van der Waals surface area (Å²) in [4.78, 5) is 2.29. The van der Waals surface area contributed by atoms with Gasteiger partial charge >= 0.3 is 0 Å². The normalized spacial score (nSPS) is 11.9. The summed E-state index contributed by atoms with van der Waals surface area (Å²) in [5, 5.41) is 9.01. The molecule has 0 saturated heterocycles. The van der Waals surface area contributed by atoms with Gasteiger partial charge in [0.25, 0.3) is 0 Å². The van der Waals surface area contributed by atoms with Gasteiger partial charge in [-0.2, -0.15) is 0 Å². The third-order valence-corrected chi connectivity index (χ3v) is 11.3. The summed E-state index contributed by atoms with van der Waals surface area (Å²) in [6.45, 7) is 0. The number of nitrogens with zero attached hydrogens (tertiary/aromatic N) is 1. The van der Waals surface area contributed by atoms with Gasteiger partial charge in [-0.15, -0.1) is 0 Å². The molecule has 0 aliphatic rings. The highest BCUT2D eigenvalue weighted by atomic mass is 16.3. The molecule has 0 amide bonds. The van der Waals surface area contributed by atoms with Crippen molar-refractivity contribution in [3.05, 3.63) is 188 Å². The summed E-state index contributed by atoms with van der Waals surface area (Å²) in [5.41, 5.74) is 12.8. The molecule has 3 aromatic heterocycles. The molecule has 262 valence electrons. The van der Waals surface area contributed by atoms with Crippen molar-refractivity contribution in [1.29, 1.82) is 0 Å². The Morgan fingerprint density at radius 1 is 0.304 bits per heavy atom. The van der Waals surface area contributed by atoms with Gasteiger partial charge in [0.05, 0.1) is 0 Å². The van der Waals surface area contributed by atoms with Gasteiger partial charge in [0, 0.05) is 66.4 Å². The molecule has 0 aliphatic carbocycles. The van der Waals surface area contributed by atoms with Crippen LogP contribution in [0.4, 0.5) is 17.1 Å². The first-order valence-corrected chi connectivity index (χ1v) is 18.9. The molecular weight excluding hydrogens is 687 g/mol. The van der Waals surface area contributed by atoms with Crippen molar-refractivity contribution in [3.8, 4) is 22.3 Å². The molecule has 0 saturated carbocycles. The van der Waals surface area contributed by atoms with Crippen LogP contribution in [0, 0.1) is 0 Å². The second-order valence-corrected chi connectivity index (χ2v) is 14.4. The van der Waals surface area contributed by atoms with Crippen LogP contribution in [-0.2, 0) is 0 Å². The van der Waals surface area contributed by atoms with E-state index in [1.165, 1.54) is 5.39 Å². The van der Waals surface area contributed by atoms with Gasteiger partial charge in [-0.05, 0) is 82.7 Å². The lowest BCUT2D eigenvalue weighted by atomic mass is 9.98. The zero-order valence-electron chi connectivity index (χ0n) is 30.1. The molecule has 0 unspecified atom stereocenters. The Morgan fingerprint density at radius 3 is 1.62 bits per heavy atom. The number of anilines is 3. The van der Waals surface area contributed by atoms with E-state index in [0.717, 1.165) is 111 Å². The number of hydrogen-bond acceptors (Lipinski definition) is 4. The van der Waals surface area contributed by atoms with E-state index in [1.54, 1.807) is 0 Å². The summed E-state index contributed by atoms with van der Waals surface area (Å²) in [6, 6.07) is 66.1. The predicted molar refractivity (Wildman–Crippen MR) is 231 cm³/mol. The molecule has 0 N–H and O–H groups in total. The van der Waals surface area contributed by atoms with E-state index in [4.69, 9.17) is 13.3 Å². The van der Waals surface area contributed by atoms with E-state index < -0.39 is 0 Å². The van der Waals surface area contributed by atoms with Crippen LogP contribution >= 0.6 is 0 Å². The van der Waals surface area contributed by atoms with E-state index in [1.807, 2.05) is 24.3 Å². The van der Waals surface area contributed by atoms with Crippen LogP contribution in [-0.4, -0.2) is 0 Å². The van der Waals surface area contributed by atoms with Gasteiger partial charge in [-0.1, -0.05) is 121 Å². The van der Waals surface area contributed by atoms with Crippen LogP contribution in [0.2, 0.25) is 0 Å². The van der Waals surface area contributed by atoms with Crippen LogP contribution in [0.1, 0.15) is 0 Å². The fraction of sp³-hybridized carbons (Fsp3) is 0. The Bertz CT molecular complexity index is 3470. The fourth-order valence-corrected chi connectivity index (χ4v) is 8.65. The molecule has 56 heavy (non-hydrogen) atoms. The smallest absolute Gasteiger partial charge is 0.143 e. The second-order valence-electron chi connectivity index (χ2n) is 14.4. The molecule has 0 atom stereocenters. The number of para-hydroxylation sites is 3. The second kappa shape index (κ2) is 12.0. The van der Waals surface area contributed by atoms with Gasteiger partial charge < -0.3 is 18.2 Å². The van der Waals surface area contributed by atoms with Crippen LogP contribution in [0.15, 0.2) is 201 Å². The predicted octanol–water partition coefficient (Wildman–Crippen LogP) is 15.3. The molecule has 4 nitrogen and oxygen atoms in total. The highest BCUT2D eigenvalue weighted by Gasteiger charge is 2.19. The van der Waals surface area contributed by atoms with E-state index in [0.29, 0.717) is 0 Å². The SMILES string of the molecule is c1ccc2c(c1)ccc1c2oc2cccc(-c3ccc(N(c4ccc(-c5cccc6c5oc5ccccc56)cc4)c4ccc5c(c4)oc4ccccc45)cc3)c21. The first-order chi connectivity index (χ1) is 27.7. The van der Waals surface area contributed by atoms with Crippen molar-refractivity contribution >= 4 is 93.7 Å². The van der Waals surface area contributed by atoms with Crippen molar-refractivity contribution in [3.63, 3.8) is 0 Å². The van der Waals surface area contributed by atoms with Crippen LogP contribution in [0.25, 0.3) is 98.8 Å². The minimum absolute atomic E-state index is 0.851. The van der Waals surface area contributed by atoms with E-state index in [2.05, 4.69) is 169 Å². The Balaban J connectivity index is 0.986. The molecule has 0 spiro atoms.